The lowest BCUT2D eigenvalue weighted by Gasteiger charge is -2.27. The minimum Gasteiger partial charge on any atom is -0.360 e. The lowest BCUT2D eigenvalue weighted by Crippen LogP contribution is -2.35. The molecule has 1 aliphatic rings. The maximum absolute atomic E-state index is 12.7. The fraction of sp³-hybridized carbons (Fsp3) is 0.524. The largest absolute Gasteiger partial charge is 0.360 e. The van der Waals surface area contributed by atoms with Gasteiger partial charge in [0.1, 0.15) is 5.76 Å². The van der Waals surface area contributed by atoms with Gasteiger partial charge in [-0.3, -0.25) is 9.69 Å². The van der Waals surface area contributed by atoms with E-state index in [1.807, 2.05) is 24.8 Å². The molecule has 0 spiro atoms. The molecule has 1 fully saturated rings. The molecule has 5 heteroatoms. The summed E-state index contributed by atoms with van der Waals surface area (Å²) in [5, 5.41) is 3.98. The van der Waals surface area contributed by atoms with E-state index in [2.05, 4.69) is 41.4 Å². The Labute approximate surface area is 156 Å². The summed E-state index contributed by atoms with van der Waals surface area (Å²) in [6.45, 7) is 6.58. The van der Waals surface area contributed by atoms with Crippen molar-refractivity contribution in [3.05, 3.63) is 53.4 Å². The number of nitrogens with zero attached hydrogens (tertiary/aromatic N) is 3. The van der Waals surface area contributed by atoms with Crippen LogP contribution in [0.25, 0.3) is 0 Å². The lowest BCUT2D eigenvalue weighted by atomic mass is 10.1. The molecule has 1 unspecified atom stereocenters. The van der Waals surface area contributed by atoms with Gasteiger partial charge in [-0.2, -0.15) is 0 Å². The van der Waals surface area contributed by atoms with Crippen molar-refractivity contribution in [2.75, 3.05) is 20.1 Å². The highest BCUT2D eigenvalue weighted by molar-refractivity contribution is 5.92. The Balaban J connectivity index is 1.57. The van der Waals surface area contributed by atoms with Crippen LogP contribution in [-0.4, -0.2) is 47.0 Å². The number of benzene rings is 1. The van der Waals surface area contributed by atoms with E-state index in [4.69, 9.17) is 4.52 Å². The second-order valence-corrected chi connectivity index (χ2v) is 7.55. The highest BCUT2D eigenvalue weighted by Gasteiger charge is 2.25. The van der Waals surface area contributed by atoms with E-state index in [0.29, 0.717) is 11.7 Å². The average molecular weight is 355 g/mol. The third-order valence-corrected chi connectivity index (χ3v) is 5.20. The first-order chi connectivity index (χ1) is 12.5. The third-order valence-electron chi connectivity index (χ3n) is 5.20. The number of likely N-dealkylation sites (tertiary alicyclic amines) is 1. The van der Waals surface area contributed by atoms with Gasteiger partial charge in [0.2, 0.25) is 0 Å². The first kappa shape index (κ1) is 18.6. The van der Waals surface area contributed by atoms with E-state index in [9.17, 15) is 4.79 Å². The molecular weight excluding hydrogens is 326 g/mol. The zero-order valence-corrected chi connectivity index (χ0v) is 16.0. The predicted molar refractivity (Wildman–Crippen MR) is 102 cm³/mol. The SMILES string of the molecule is CC(C)c1cc(C(=O)N2CCCC(N(C)Cc3ccccc3)CC2)no1. The van der Waals surface area contributed by atoms with E-state index in [0.717, 1.165) is 44.7 Å². The molecule has 1 amide bonds. The molecule has 1 aromatic heterocycles. The molecule has 0 N–H and O–H groups in total. The first-order valence-corrected chi connectivity index (χ1v) is 9.54. The Morgan fingerprint density at radius 2 is 2.04 bits per heavy atom. The maximum Gasteiger partial charge on any atom is 0.276 e. The smallest absolute Gasteiger partial charge is 0.276 e. The fourth-order valence-electron chi connectivity index (χ4n) is 3.55. The van der Waals surface area contributed by atoms with Crippen LogP contribution in [0.5, 0.6) is 0 Å². The van der Waals surface area contributed by atoms with Crippen LogP contribution in [0.1, 0.15) is 60.8 Å². The van der Waals surface area contributed by atoms with Gasteiger partial charge in [0.15, 0.2) is 5.69 Å². The van der Waals surface area contributed by atoms with E-state index in [-0.39, 0.29) is 11.8 Å². The summed E-state index contributed by atoms with van der Waals surface area (Å²) in [6.07, 6.45) is 3.12. The van der Waals surface area contributed by atoms with Crippen molar-refractivity contribution in [1.82, 2.24) is 15.0 Å². The molecule has 3 rings (SSSR count). The van der Waals surface area contributed by atoms with E-state index >= 15 is 0 Å². The standard InChI is InChI=1S/C21H29N3O2/c1-16(2)20-14-19(22-26-20)21(25)24-12-7-10-18(11-13-24)23(3)15-17-8-5-4-6-9-17/h4-6,8-9,14,16,18H,7,10-13,15H2,1-3H3. The van der Waals surface area contributed by atoms with E-state index in [1.54, 1.807) is 6.07 Å². The summed E-state index contributed by atoms with van der Waals surface area (Å²) in [5.41, 5.74) is 1.76. The molecule has 1 atom stereocenters. The summed E-state index contributed by atoms with van der Waals surface area (Å²) in [4.78, 5) is 17.1. The molecule has 1 aromatic carbocycles. The Morgan fingerprint density at radius 3 is 2.73 bits per heavy atom. The van der Waals surface area contributed by atoms with Crippen LogP contribution in [0.2, 0.25) is 0 Å². The maximum atomic E-state index is 12.7. The van der Waals surface area contributed by atoms with Crippen molar-refractivity contribution in [3.63, 3.8) is 0 Å². The Bertz CT molecular complexity index is 711. The van der Waals surface area contributed by atoms with Crippen molar-refractivity contribution >= 4 is 5.91 Å². The van der Waals surface area contributed by atoms with Gasteiger partial charge in [-0.05, 0) is 31.9 Å². The average Bonchev–Trinajstić information content (AvgIpc) is 3.00. The second kappa shape index (κ2) is 8.49. The zero-order chi connectivity index (χ0) is 18.5. The molecule has 0 radical (unpaired) electrons. The predicted octanol–water partition coefficient (Wildman–Crippen LogP) is 3.92. The van der Waals surface area contributed by atoms with Crippen molar-refractivity contribution in [2.45, 2.75) is 51.6 Å². The summed E-state index contributed by atoms with van der Waals surface area (Å²) in [6, 6.07) is 12.8. The van der Waals surface area contributed by atoms with Gasteiger partial charge in [-0.1, -0.05) is 49.3 Å². The van der Waals surface area contributed by atoms with Crippen molar-refractivity contribution in [3.8, 4) is 0 Å². The van der Waals surface area contributed by atoms with Gasteiger partial charge in [0, 0.05) is 37.7 Å². The minimum atomic E-state index is -0.00740. The molecular formula is C21H29N3O2. The molecule has 0 bridgehead atoms. The quantitative estimate of drug-likeness (QED) is 0.815. The molecule has 0 saturated carbocycles. The summed E-state index contributed by atoms with van der Waals surface area (Å²) in [5.74, 6) is 1.000. The number of hydrogen-bond donors (Lipinski definition) is 0. The normalized spacial score (nSPS) is 18.3. The topological polar surface area (TPSA) is 49.6 Å². The summed E-state index contributed by atoms with van der Waals surface area (Å²) >= 11 is 0. The van der Waals surface area contributed by atoms with Gasteiger partial charge in [-0.25, -0.2) is 0 Å². The van der Waals surface area contributed by atoms with Crippen molar-refractivity contribution < 1.29 is 9.32 Å². The van der Waals surface area contributed by atoms with Crippen LogP contribution in [-0.2, 0) is 6.54 Å². The number of carbonyl (C=O) groups is 1. The zero-order valence-electron chi connectivity index (χ0n) is 16.0. The number of aromatic nitrogens is 1. The first-order valence-electron chi connectivity index (χ1n) is 9.54. The molecule has 1 aliphatic heterocycles. The van der Waals surface area contributed by atoms with Crippen LogP contribution < -0.4 is 0 Å². The number of rotatable bonds is 5. The molecule has 2 aromatic rings. The van der Waals surface area contributed by atoms with Crippen LogP contribution in [0.15, 0.2) is 40.9 Å². The lowest BCUT2D eigenvalue weighted by molar-refractivity contribution is 0.0747. The molecule has 140 valence electrons. The molecule has 2 heterocycles. The van der Waals surface area contributed by atoms with Crippen molar-refractivity contribution in [2.24, 2.45) is 0 Å². The number of amides is 1. The van der Waals surface area contributed by atoms with Crippen molar-refractivity contribution in [1.29, 1.82) is 0 Å². The second-order valence-electron chi connectivity index (χ2n) is 7.55. The molecule has 5 nitrogen and oxygen atoms in total. The minimum absolute atomic E-state index is 0.00740. The van der Waals surface area contributed by atoms with Crippen LogP contribution in [0, 0.1) is 0 Å². The summed E-state index contributed by atoms with van der Waals surface area (Å²) in [7, 11) is 2.18. The van der Waals surface area contributed by atoms with E-state index in [1.165, 1.54) is 5.56 Å². The van der Waals surface area contributed by atoms with Gasteiger partial charge < -0.3 is 9.42 Å². The van der Waals surface area contributed by atoms with Crippen LogP contribution >= 0.6 is 0 Å². The highest BCUT2D eigenvalue weighted by atomic mass is 16.5. The Morgan fingerprint density at radius 1 is 1.27 bits per heavy atom. The van der Waals surface area contributed by atoms with Gasteiger partial charge >= 0.3 is 0 Å². The number of carbonyl (C=O) groups excluding carboxylic acids is 1. The Kier molecular flexibility index (Phi) is 6.09. The monoisotopic (exact) mass is 355 g/mol. The fourth-order valence-corrected chi connectivity index (χ4v) is 3.55. The number of hydrogen-bond acceptors (Lipinski definition) is 4. The summed E-state index contributed by atoms with van der Waals surface area (Å²) < 4.78 is 5.29. The van der Waals surface area contributed by atoms with Gasteiger partial charge in [-0.15, -0.1) is 0 Å². The third kappa shape index (κ3) is 4.52. The van der Waals surface area contributed by atoms with Crippen LogP contribution in [0.4, 0.5) is 0 Å². The molecule has 26 heavy (non-hydrogen) atoms. The Hall–Kier alpha value is -2.14. The van der Waals surface area contributed by atoms with Gasteiger partial charge in [0.25, 0.3) is 5.91 Å². The van der Waals surface area contributed by atoms with Gasteiger partial charge in [0.05, 0.1) is 0 Å². The van der Waals surface area contributed by atoms with E-state index < -0.39 is 0 Å². The molecule has 0 aliphatic carbocycles. The highest BCUT2D eigenvalue weighted by Crippen LogP contribution is 2.21. The van der Waals surface area contributed by atoms with Crippen LogP contribution in [0.3, 0.4) is 0 Å². The molecule has 1 saturated heterocycles.